The molecule has 3 nitrogen and oxygen atoms in total. The van der Waals surface area contributed by atoms with Crippen molar-refractivity contribution in [3.05, 3.63) is 65.2 Å². The lowest BCUT2D eigenvalue weighted by Crippen LogP contribution is -2.15. The van der Waals surface area contributed by atoms with Gasteiger partial charge in [-0.05, 0) is 49.4 Å². The van der Waals surface area contributed by atoms with Crippen LogP contribution < -0.4 is 5.32 Å². The van der Waals surface area contributed by atoms with Crippen LogP contribution in [-0.2, 0) is 11.2 Å². The van der Waals surface area contributed by atoms with Crippen LogP contribution in [0.4, 0.5) is 14.5 Å². The van der Waals surface area contributed by atoms with E-state index in [1.54, 1.807) is 24.3 Å². The molecule has 5 heteroatoms. The third-order valence-electron chi connectivity index (χ3n) is 2.93. The highest BCUT2D eigenvalue weighted by molar-refractivity contribution is 5.96. The fourth-order valence-electron chi connectivity index (χ4n) is 1.85. The van der Waals surface area contributed by atoms with Gasteiger partial charge in [-0.1, -0.05) is 0 Å². The van der Waals surface area contributed by atoms with Crippen LogP contribution in [0.15, 0.2) is 42.5 Å². The summed E-state index contributed by atoms with van der Waals surface area (Å²) in [6.07, 6.45) is -0.266. The maximum absolute atomic E-state index is 13.4. The first-order valence-electron chi connectivity index (χ1n) is 6.30. The van der Waals surface area contributed by atoms with E-state index in [1.807, 2.05) is 0 Å². The van der Waals surface area contributed by atoms with Crippen molar-refractivity contribution in [3.63, 3.8) is 0 Å². The quantitative estimate of drug-likeness (QED) is 0.877. The highest BCUT2D eigenvalue weighted by atomic mass is 19.1. The average molecular weight is 289 g/mol. The van der Waals surface area contributed by atoms with Gasteiger partial charge in [-0.3, -0.25) is 9.59 Å². The topological polar surface area (TPSA) is 46.2 Å². The van der Waals surface area contributed by atoms with Gasteiger partial charge >= 0.3 is 0 Å². The molecule has 0 spiro atoms. The highest BCUT2D eigenvalue weighted by Gasteiger charge is 2.10. The summed E-state index contributed by atoms with van der Waals surface area (Å²) < 4.78 is 26.4. The minimum atomic E-state index is -0.626. The summed E-state index contributed by atoms with van der Waals surface area (Å²) in [5.41, 5.74) is 1.01. The molecule has 0 atom stereocenters. The van der Waals surface area contributed by atoms with Crippen LogP contribution in [0, 0.1) is 11.6 Å². The second-order valence-electron chi connectivity index (χ2n) is 4.59. The Morgan fingerprint density at radius 1 is 1.05 bits per heavy atom. The molecule has 0 unspecified atom stereocenters. The molecule has 0 fully saturated rings. The van der Waals surface area contributed by atoms with Gasteiger partial charge in [0, 0.05) is 16.8 Å². The number of hydrogen-bond donors (Lipinski definition) is 1. The molecule has 0 aliphatic heterocycles. The molecule has 2 aromatic carbocycles. The molecule has 0 heterocycles. The van der Waals surface area contributed by atoms with Gasteiger partial charge in [-0.25, -0.2) is 8.78 Å². The molecule has 2 rings (SSSR count). The number of anilines is 1. The van der Waals surface area contributed by atoms with Gasteiger partial charge in [-0.15, -0.1) is 0 Å². The predicted octanol–water partition coefficient (Wildman–Crippen LogP) is 3.35. The zero-order valence-electron chi connectivity index (χ0n) is 11.3. The van der Waals surface area contributed by atoms with E-state index in [0.717, 1.165) is 18.2 Å². The first kappa shape index (κ1) is 14.8. The van der Waals surface area contributed by atoms with Crippen molar-refractivity contribution < 1.29 is 18.4 Å². The molecule has 0 saturated carbocycles. The van der Waals surface area contributed by atoms with Crippen LogP contribution in [0.1, 0.15) is 22.8 Å². The van der Waals surface area contributed by atoms with Crippen LogP contribution in [0.3, 0.4) is 0 Å². The van der Waals surface area contributed by atoms with Crippen LogP contribution in [0.2, 0.25) is 0 Å². The van der Waals surface area contributed by atoms with Gasteiger partial charge in [0.25, 0.3) is 0 Å². The number of carbonyl (C=O) groups is 2. The van der Waals surface area contributed by atoms with E-state index in [1.165, 1.54) is 6.92 Å². The van der Waals surface area contributed by atoms with Gasteiger partial charge in [0.15, 0.2) is 5.78 Å². The minimum absolute atomic E-state index is 0.00661. The van der Waals surface area contributed by atoms with Crippen molar-refractivity contribution in [2.24, 2.45) is 0 Å². The van der Waals surface area contributed by atoms with E-state index in [-0.39, 0.29) is 17.8 Å². The van der Waals surface area contributed by atoms with Crippen LogP contribution in [0.5, 0.6) is 0 Å². The number of ketones is 1. The fraction of sp³-hybridized carbons (Fsp3) is 0.125. The maximum atomic E-state index is 13.4. The lowest BCUT2D eigenvalue weighted by molar-refractivity contribution is -0.115. The van der Waals surface area contributed by atoms with E-state index in [0.29, 0.717) is 11.3 Å². The lowest BCUT2D eigenvalue weighted by atomic mass is 10.1. The standard InChI is InChI=1S/C16H13F2NO2/c1-10(20)11-2-5-14(6-3-11)19-16(21)9-12-8-13(17)4-7-15(12)18/h2-8H,9H2,1H3,(H,19,21). The molecule has 2 aromatic rings. The largest absolute Gasteiger partial charge is 0.326 e. The number of rotatable bonds is 4. The molecule has 0 saturated heterocycles. The van der Waals surface area contributed by atoms with Gasteiger partial charge < -0.3 is 5.32 Å². The molecule has 108 valence electrons. The second kappa shape index (κ2) is 6.26. The summed E-state index contributed by atoms with van der Waals surface area (Å²) in [7, 11) is 0. The first-order chi connectivity index (χ1) is 9.95. The molecule has 1 amide bonds. The molecular formula is C16H13F2NO2. The van der Waals surface area contributed by atoms with Crippen LogP contribution >= 0.6 is 0 Å². The Morgan fingerprint density at radius 3 is 2.33 bits per heavy atom. The lowest BCUT2D eigenvalue weighted by Gasteiger charge is -2.07. The highest BCUT2D eigenvalue weighted by Crippen LogP contribution is 2.13. The molecule has 0 radical (unpaired) electrons. The Bertz CT molecular complexity index is 681. The van der Waals surface area contributed by atoms with Crippen LogP contribution in [-0.4, -0.2) is 11.7 Å². The van der Waals surface area contributed by atoms with Crippen molar-refractivity contribution >= 4 is 17.4 Å². The van der Waals surface area contributed by atoms with Gasteiger partial charge in [-0.2, -0.15) is 0 Å². The van der Waals surface area contributed by atoms with E-state index in [4.69, 9.17) is 0 Å². The number of amides is 1. The summed E-state index contributed by atoms with van der Waals surface area (Å²) in [6, 6.07) is 9.30. The number of carbonyl (C=O) groups excluding carboxylic acids is 2. The molecule has 1 N–H and O–H groups in total. The van der Waals surface area contributed by atoms with Crippen molar-refractivity contribution in [2.45, 2.75) is 13.3 Å². The van der Waals surface area contributed by atoms with E-state index < -0.39 is 17.5 Å². The number of halogens is 2. The third kappa shape index (κ3) is 3.95. The molecule has 0 aromatic heterocycles. The summed E-state index contributed by atoms with van der Waals surface area (Å²) >= 11 is 0. The summed E-state index contributed by atoms with van der Waals surface area (Å²) in [6.45, 7) is 1.44. The monoisotopic (exact) mass is 289 g/mol. The van der Waals surface area contributed by atoms with Crippen molar-refractivity contribution in [1.82, 2.24) is 0 Å². The Balaban J connectivity index is 2.04. The number of hydrogen-bond acceptors (Lipinski definition) is 2. The molecule has 0 aliphatic rings. The number of Topliss-reactive ketones (excluding diaryl/α,β-unsaturated/α-hetero) is 1. The summed E-state index contributed by atoms with van der Waals surface area (Å²) in [5.74, 6) is -1.76. The van der Waals surface area contributed by atoms with Crippen molar-refractivity contribution in [2.75, 3.05) is 5.32 Å². The second-order valence-corrected chi connectivity index (χ2v) is 4.59. The molecule has 0 bridgehead atoms. The zero-order valence-corrected chi connectivity index (χ0v) is 11.3. The van der Waals surface area contributed by atoms with E-state index >= 15 is 0 Å². The Hall–Kier alpha value is -2.56. The van der Waals surface area contributed by atoms with Crippen LogP contribution in [0.25, 0.3) is 0 Å². The zero-order chi connectivity index (χ0) is 15.4. The number of benzene rings is 2. The minimum Gasteiger partial charge on any atom is -0.326 e. The first-order valence-corrected chi connectivity index (χ1v) is 6.30. The van der Waals surface area contributed by atoms with Gasteiger partial charge in [0.2, 0.25) is 5.91 Å². The smallest absolute Gasteiger partial charge is 0.228 e. The maximum Gasteiger partial charge on any atom is 0.228 e. The van der Waals surface area contributed by atoms with Crippen molar-refractivity contribution in [1.29, 1.82) is 0 Å². The Kier molecular flexibility index (Phi) is 4.42. The Morgan fingerprint density at radius 2 is 1.71 bits per heavy atom. The SMILES string of the molecule is CC(=O)c1ccc(NC(=O)Cc2cc(F)ccc2F)cc1. The summed E-state index contributed by atoms with van der Waals surface area (Å²) in [4.78, 5) is 22.9. The van der Waals surface area contributed by atoms with Gasteiger partial charge in [0.1, 0.15) is 11.6 Å². The summed E-state index contributed by atoms with van der Waals surface area (Å²) in [5, 5.41) is 2.56. The normalized spacial score (nSPS) is 10.2. The molecular weight excluding hydrogens is 276 g/mol. The fourth-order valence-corrected chi connectivity index (χ4v) is 1.85. The third-order valence-corrected chi connectivity index (χ3v) is 2.93. The molecule has 0 aliphatic carbocycles. The van der Waals surface area contributed by atoms with E-state index in [2.05, 4.69) is 5.32 Å². The Labute approximate surface area is 120 Å². The van der Waals surface area contributed by atoms with Crippen molar-refractivity contribution in [3.8, 4) is 0 Å². The average Bonchev–Trinajstić information content (AvgIpc) is 2.43. The molecule has 21 heavy (non-hydrogen) atoms. The predicted molar refractivity (Wildman–Crippen MR) is 75.1 cm³/mol. The van der Waals surface area contributed by atoms with E-state index in [9.17, 15) is 18.4 Å². The van der Waals surface area contributed by atoms with Gasteiger partial charge in [0.05, 0.1) is 6.42 Å². The number of nitrogens with one attached hydrogen (secondary N) is 1.